The summed E-state index contributed by atoms with van der Waals surface area (Å²) < 4.78 is 5.71. The van der Waals surface area contributed by atoms with Crippen molar-refractivity contribution in [1.29, 1.82) is 0 Å². The van der Waals surface area contributed by atoms with E-state index in [1.807, 2.05) is 12.1 Å². The number of hydrogen-bond acceptors (Lipinski definition) is 3. The fourth-order valence-electron chi connectivity index (χ4n) is 2.42. The van der Waals surface area contributed by atoms with Gasteiger partial charge in [-0.05, 0) is 43.5 Å². The Bertz CT molecular complexity index is 729. The van der Waals surface area contributed by atoms with E-state index >= 15 is 0 Å². The van der Waals surface area contributed by atoms with Gasteiger partial charge in [0.05, 0.1) is 6.54 Å². The highest BCUT2D eigenvalue weighted by molar-refractivity contribution is 5.93. The highest BCUT2D eigenvalue weighted by Gasteiger charge is 2.36. The van der Waals surface area contributed by atoms with Crippen molar-refractivity contribution in [2.24, 2.45) is 5.92 Å². The third kappa shape index (κ3) is 2.91. The predicted octanol–water partition coefficient (Wildman–Crippen LogP) is 2.33. The van der Waals surface area contributed by atoms with E-state index in [9.17, 15) is 9.59 Å². The largest absolute Gasteiger partial charge is 0.464 e. The average molecular weight is 286 g/mol. The molecule has 5 nitrogen and oxygen atoms in total. The summed E-state index contributed by atoms with van der Waals surface area (Å²) in [5.74, 6) is 2.51. The van der Waals surface area contributed by atoms with Crippen LogP contribution in [0.5, 0.6) is 0 Å². The number of carbonyl (C=O) groups excluding carboxylic acids is 1. The van der Waals surface area contributed by atoms with Crippen molar-refractivity contribution >= 4 is 5.91 Å². The summed E-state index contributed by atoms with van der Waals surface area (Å²) in [6.45, 7) is 4.25. The van der Waals surface area contributed by atoms with Crippen molar-refractivity contribution in [3.05, 3.63) is 57.4 Å². The molecule has 2 atom stereocenters. The van der Waals surface area contributed by atoms with E-state index in [2.05, 4.69) is 17.2 Å². The predicted molar refractivity (Wildman–Crippen MR) is 78.2 cm³/mol. The zero-order chi connectivity index (χ0) is 15.0. The second-order valence-electron chi connectivity index (χ2n) is 5.69. The Morgan fingerprint density at radius 2 is 2.14 bits per heavy atom. The topological polar surface area (TPSA) is 75.1 Å². The van der Waals surface area contributed by atoms with Crippen LogP contribution in [0.1, 0.15) is 46.8 Å². The third-order valence-corrected chi connectivity index (χ3v) is 3.88. The lowest BCUT2D eigenvalue weighted by Gasteiger charge is -2.03. The molecule has 2 unspecified atom stereocenters. The number of H-pyrrole nitrogens is 1. The molecule has 1 aliphatic carbocycles. The minimum atomic E-state index is -0.394. The van der Waals surface area contributed by atoms with Gasteiger partial charge in [-0.3, -0.25) is 9.59 Å². The summed E-state index contributed by atoms with van der Waals surface area (Å²) in [6, 6.07) is 7.08. The van der Waals surface area contributed by atoms with Gasteiger partial charge in [-0.1, -0.05) is 6.92 Å². The molecule has 0 aliphatic heterocycles. The molecule has 1 amide bonds. The summed E-state index contributed by atoms with van der Waals surface area (Å²) in [4.78, 5) is 26.3. The number of aromatic amines is 1. The van der Waals surface area contributed by atoms with Crippen LogP contribution in [-0.2, 0) is 6.54 Å². The van der Waals surface area contributed by atoms with Crippen LogP contribution in [0.15, 0.2) is 33.5 Å². The summed E-state index contributed by atoms with van der Waals surface area (Å²) in [5.41, 5.74) is 0.466. The first-order valence-electron chi connectivity index (χ1n) is 7.11. The van der Waals surface area contributed by atoms with E-state index in [1.54, 1.807) is 13.0 Å². The monoisotopic (exact) mass is 286 g/mol. The Morgan fingerprint density at radius 3 is 2.81 bits per heavy atom. The van der Waals surface area contributed by atoms with Crippen molar-refractivity contribution in [2.75, 3.05) is 0 Å². The smallest absolute Gasteiger partial charge is 0.260 e. The minimum absolute atomic E-state index is 0.114. The molecule has 5 heteroatoms. The quantitative estimate of drug-likeness (QED) is 0.905. The molecular weight excluding hydrogens is 268 g/mol. The SMILES string of the molecule is Cc1ccc(C(=O)NCc2ccc(C3CC3C)o2)c(=O)[nH]1. The van der Waals surface area contributed by atoms with Crippen LogP contribution in [0.2, 0.25) is 0 Å². The molecule has 1 aliphatic rings. The van der Waals surface area contributed by atoms with Crippen LogP contribution in [0.25, 0.3) is 0 Å². The van der Waals surface area contributed by atoms with Gasteiger partial charge in [0.15, 0.2) is 0 Å². The van der Waals surface area contributed by atoms with E-state index in [0.717, 1.165) is 17.9 Å². The molecular formula is C16H18N2O3. The molecule has 21 heavy (non-hydrogen) atoms. The fourth-order valence-corrected chi connectivity index (χ4v) is 2.42. The Labute approximate surface area is 122 Å². The van der Waals surface area contributed by atoms with Crippen molar-refractivity contribution in [3.63, 3.8) is 0 Å². The second-order valence-corrected chi connectivity index (χ2v) is 5.69. The van der Waals surface area contributed by atoms with Gasteiger partial charge in [-0.2, -0.15) is 0 Å². The minimum Gasteiger partial charge on any atom is -0.464 e. The summed E-state index contributed by atoms with van der Waals surface area (Å²) >= 11 is 0. The van der Waals surface area contributed by atoms with Crippen LogP contribution in [0.4, 0.5) is 0 Å². The number of furan rings is 1. The zero-order valence-corrected chi connectivity index (χ0v) is 12.1. The van der Waals surface area contributed by atoms with E-state index in [4.69, 9.17) is 4.42 Å². The van der Waals surface area contributed by atoms with Crippen LogP contribution < -0.4 is 10.9 Å². The van der Waals surface area contributed by atoms with E-state index in [-0.39, 0.29) is 17.7 Å². The van der Waals surface area contributed by atoms with Crippen LogP contribution >= 0.6 is 0 Å². The number of pyridine rings is 1. The van der Waals surface area contributed by atoms with Crippen molar-refractivity contribution in [1.82, 2.24) is 10.3 Å². The van der Waals surface area contributed by atoms with Crippen LogP contribution in [0.3, 0.4) is 0 Å². The molecule has 0 saturated heterocycles. The van der Waals surface area contributed by atoms with Crippen LogP contribution in [-0.4, -0.2) is 10.9 Å². The molecule has 110 valence electrons. The van der Waals surface area contributed by atoms with Gasteiger partial charge in [0.1, 0.15) is 17.1 Å². The Morgan fingerprint density at radius 1 is 1.38 bits per heavy atom. The average Bonchev–Trinajstić information content (AvgIpc) is 2.99. The highest BCUT2D eigenvalue weighted by atomic mass is 16.3. The molecule has 2 aromatic heterocycles. The molecule has 2 N–H and O–H groups in total. The third-order valence-electron chi connectivity index (χ3n) is 3.88. The molecule has 0 radical (unpaired) electrons. The van der Waals surface area contributed by atoms with Gasteiger partial charge >= 0.3 is 0 Å². The lowest BCUT2D eigenvalue weighted by atomic mass is 10.2. The highest BCUT2D eigenvalue weighted by Crippen LogP contribution is 2.47. The summed E-state index contributed by atoms with van der Waals surface area (Å²) in [5, 5.41) is 2.71. The standard InChI is InChI=1S/C16H18N2O3/c1-9-7-13(9)14-6-4-11(21-14)8-17-15(19)12-5-3-10(2)18-16(12)20/h3-6,9,13H,7-8H2,1-2H3,(H,17,19)(H,18,20). The number of hydrogen-bond donors (Lipinski definition) is 2. The molecule has 2 heterocycles. The van der Waals surface area contributed by atoms with Gasteiger partial charge in [-0.15, -0.1) is 0 Å². The lowest BCUT2D eigenvalue weighted by molar-refractivity contribution is 0.0946. The van der Waals surface area contributed by atoms with Gasteiger partial charge in [0, 0.05) is 11.6 Å². The maximum atomic E-state index is 12.0. The summed E-state index contributed by atoms with van der Waals surface area (Å²) in [6.07, 6.45) is 1.16. The lowest BCUT2D eigenvalue weighted by Crippen LogP contribution is -2.29. The maximum Gasteiger partial charge on any atom is 0.260 e. The first kappa shape index (κ1) is 13.7. The number of amides is 1. The van der Waals surface area contributed by atoms with E-state index < -0.39 is 5.91 Å². The number of carbonyl (C=O) groups is 1. The normalized spacial score (nSPS) is 20.3. The number of nitrogens with one attached hydrogen (secondary N) is 2. The van der Waals surface area contributed by atoms with Crippen LogP contribution in [0, 0.1) is 12.8 Å². The van der Waals surface area contributed by atoms with Crippen molar-refractivity contribution in [3.8, 4) is 0 Å². The molecule has 0 bridgehead atoms. The van der Waals surface area contributed by atoms with Crippen molar-refractivity contribution in [2.45, 2.75) is 32.7 Å². The summed E-state index contributed by atoms with van der Waals surface area (Å²) in [7, 11) is 0. The second kappa shape index (κ2) is 5.24. The maximum absolute atomic E-state index is 12.0. The van der Waals surface area contributed by atoms with E-state index in [1.165, 1.54) is 6.07 Å². The number of aryl methyl sites for hydroxylation is 1. The van der Waals surface area contributed by atoms with Gasteiger partial charge < -0.3 is 14.7 Å². The Kier molecular flexibility index (Phi) is 3.41. The Hall–Kier alpha value is -2.30. The molecule has 2 aromatic rings. The molecule has 1 saturated carbocycles. The van der Waals surface area contributed by atoms with Crippen molar-refractivity contribution < 1.29 is 9.21 Å². The molecule has 0 spiro atoms. The molecule has 1 fully saturated rings. The zero-order valence-electron chi connectivity index (χ0n) is 12.1. The first-order valence-corrected chi connectivity index (χ1v) is 7.11. The number of rotatable bonds is 4. The van der Waals surface area contributed by atoms with Gasteiger partial charge in [0.2, 0.25) is 0 Å². The Balaban J connectivity index is 1.63. The van der Waals surface area contributed by atoms with Gasteiger partial charge in [-0.25, -0.2) is 0 Å². The van der Waals surface area contributed by atoms with E-state index in [0.29, 0.717) is 17.6 Å². The number of aromatic nitrogens is 1. The fraction of sp³-hybridized carbons (Fsp3) is 0.375. The molecule has 0 aromatic carbocycles. The first-order chi connectivity index (χ1) is 10.0. The molecule has 3 rings (SSSR count). The van der Waals surface area contributed by atoms with Gasteiger partial charge in [0.25, 0.3) is 11.5 Å².